The number of nitrogens with zero attached hydrogens (tertiary/aromatic N) is 2. The average molecular weight is 547 g/mol. The minimum Gasteiger partial charge on any atom is -0.443 e. The number of rotatable bonds is 4. The maximum atomic E-state index is 13.3. The van der Waals surface area contributed by atoms with Crippen LogP contribution in [0.5, 0.6) is 11.5 Å². The SMILES string of the molecule is CC(C)(C)OC(=O)Oc1c(C(=O)Oc2ccccc2)c(CBr)cc2ncn(C(=O)OC(C)(C)C)c12. The van der Waals surface area contributed by atoms with E-state index >= 15 is 0 Å². The Morgan fingerprint density at radius 2 is 1.57 bits per heavy atom. The molecule has 2 aromatic carbocycles. The van der Waals surface area contributed by atoms with Crippen LogP contribution in [0, 0.1) is 0 Å². The summed E-state index contributed by atoms with van der Waals surface area (Å²) in [5.74, 6) is -0.722. The highest BCUT2D eigenvalue weighted by atomic mass is 79.9. The molecule has 10 heteroatoms. The van der Waals surface area contributed by atoms with E-state index in [-0.39, 0.29) is 22.2 Å². The van der Waals surface area contributed by atoms with Crippen molar-refractivity contribution in [2.24, 2.45) is 0 Å². The first-order valence-electron chi connectivity index (χ1n) is 10.8. The monoisotopic (exact) mass is 546 g/mol. The highest BCUT2D eigenvalue weighted by Crippen LogP contribution is 2.36. The standard InChI is InChI=1S/C25H27BrN2O7/c1-24(2,3)34-22(30)28-14-27-17-12-15(13-26)18(21(29)32-16-10-8-7-9-11-16)20(19(17)28)33-23(31)35-25(4,5)6/h7-12,14H,13H2,1-6H3. The molecule has 0 fully saturated rings. The van der Waals surface area contributed by atoms with Crippen molar-refractivity contribution in [2.75, 3.05) is 0 Å². The number of para-hydroxylation sites is 1. The number of ether oxygens (including phenoxy) is 4. The van der Waals surface area contributed by atoms with Crippen LogP contribution >= 0.6 is 15.9 Å². The van der Waals surface area contributed by atoms with E-state index in [4.69, 9.17) is 18.9 Å². The van der Waals surface area contributed by atoms with E-state index in [0.717, 1.165) is 4.57 Å². The van der Waals surface area contributed by atoms with Gasteiger partial charge in [-0.15, -0.1) is 0 Å². The Balaban J connectivity index is 2.22. The number of fused-ring (bicyclic) bond motifs is 1. The average Bonchev–Trinajstić information content (AvgIpc) is 3.15. The molecule has 0 aliphatic rings. The molecule has 0 saturated heterocycles. The minimum absolute atomic E-state index is 0.0607. The predicted octanol–water partition coefficient (Wildman–Crippen LogP) is 6.25. The van der Waals surface area contributed by atoms with Gasteiger partial charge in [-0.2, -0.15) is 0 Å². The Bertz CT molecular complexity index is 1250. The van der Waals surface area contributed by atoms with E-state index in [2.05, 4.69) is 20.9 Å². The molecule has 0 unspecified atom stereocenters. The third-order valence-corrected chi connectivity index (χ3v) is 4.94. The summed E-state index contributed by atoms with van der Waals surface area (Å²) in [6.45, 7) is 10.2. The third-order valence-electron chi connectivity index (χ3n) is 4.34. The van der Waals surface area contributed by atoms with Gasteiger partial charge in [0.05, 0.1) is 5.52 Å². The van der Waals surface area contributed by atoms with Gasteiger partial charge in [0.2, 0.25) is 0 Å². The van der Waals surface area contributed by atoms with Crippen LogP contribution in [0.1, 0.15) is 57.5 Å². The Hall–Kier alpha value is -3.40. The van der Waals surface area contributed by atoms with Crippen molar-refractivity contribution in [2.45, 2.75) is 58.1 Å². The second kappa shape index (κ2) is 10.1. The van der Waals surface area contributed by atoms with Crippen LogP contribution in [0.3, 0.4) is 0 Å². The van der Waals surface area contributed by atoms with Crippen LogP contribution in [0.4, 0.5) is 9.59 Å². The van der Waals surface area contributed by atoms with Crippen molar-refractivity contribution in [1.82, 2.24) is 9.55 Å². The van der Waals surface area contributed by atoms with E-state index < -0.39 is 29.4 Å². The lowest BCUT2D eigenvalue weighted by atomic mass is 10.1. The minimum atomic E-state index is -1.06. The van der Waals surface area contributed by atoms with Crippen molar-refractivity contribution < 1.29 is 33.3 Å². The van der Waals surface area contributed by atoms with Gasteiger partial charge in [-0.1, -0.05) is 34.1 Å². The molecular weight excluding hydrogens is 520 g/mol. The fourth-order valence-corrected chi connectivity index (χ4v) is 3.52. The number of hydrogen-bond acceptors (Lipinski definition) is 8. The van der Waals surface area contributed by atoms with Crippen LogP contribution in [0.25, 0.3) is 11.0 Å². The first-order valence-corrected chi connectivity index (χ1v) is 11.9. The van der Waals surface area contributed by atoms with Crippen LogP contribution in [0.2, 0.25) is 0 Å². The largest absolute Gasteiger partial charge is 0.514 e. The van der Waals surface area contributed by atoms with Crippen molar-refractivity contribution >= 4 is 45.2 Å². The van der Waals surface area contributed by atoms with E-state index in [1.807, 2.05) is 0 Å². The zero-order valence-corrected chi connectivity index (χ0v) is 22.0. The van der Waals surface area contributed by atoms with Crippen LogP contribution in [0.15, 0.2) is 42.7 Å². The van der Waals surface area contributed by atoms with Crippen molar-refractivity contribution in [3.63, 3.8) is 0 Å². The van der Waals surface area contributed by atoms with Gasteiger partial charge in [-0.05, 0) is 65.3 Å². The summed E-state index contributed by atoms with van der Waals surface area (Å²) in [6.07, 6.45) is -0.579. The molecule has 0 spiro atoms. The van der Waals surface area contributed by atoms with E-state index in [1.54, 1.807) is 77.9 Å². The number of carbonyl (C=O) groups is 3. The number of esters is 1. The van der Waals surface area contributed by atoms with Gasteiger partial charge < -0.3 is 18.9 Å². The zero-order valence-electron chi connectivity index (χ0n) is 20.4. The molecule has 1 aromatic heterocycles. The van der Waals surface area contributed by atoms with E-state index in [1.165, 1.54) is 6.33 Å². The molecule has 0 aliphatic carbocycles. The van der Waals surface area contributed by atoms with E-state index in [9.17, 15) is 14.4 Å². The summed E-state index contributed by atoms with van der Waals surface area (Å²) in [6, 6.07) is 10.0. The molecule has 0 saturated carbocycles. The topological polar surface area (TPSA) is 106 Å². The van der Waals surface area contributed by atoms with Gasteiger partial charge in [-0.25, -0.2) is 23.9 Å². The Morgan fingerprint density at radius 1 is 0.943 bits per heavy atom. The number of carbonyl (C=O) groups excluding carboxylic acids is 3. The number of benzene rings is 2. The van der Waals surface area contributed by atoms with Crippen molar-refractivity contribution in [3.05, 3.63) is 53.9 Å². The van der Waals surface area contributed by atoms with Crippen LogP contribution < -0.4 is 9.47 Å². The molecule has 9 nitrogen and oxygen atoms in total. The molecular formula is C25H27BrN2O7. The molecule has 3 aromatic rings. The van der Waals surface area contributed by atoms with Crippen molar-refractivity contribution in [3.8, 4) is 11.5 Å². The summed E-state index contributed by atoms with van der Waals surface area (Å²) in [5.41, 5.74) is -0.917. The first-order chi connectivity index (χ1) is 16.3. The second-order valence-electron chi connectivity index (χ2n) is 9.61. The van der Waals surface area contributed by atoms with Crippen LogP contribution in [-0.4, -0.2) is 39.0 Å². The number of alkyl halides is 1. The first kappa shape index (κ1) is 26.2. The Kier molecular flexibility index (Phi) is 7.54. The molecule has 0 aliphatic heterocycles. The van der Waals surface area contributed by atoms with Crippen LogP contribution in [-0.2, 0) is 14.8 Å². The molecule has 35 heavy (non-hydrogen) atoms. The lowest BCUT2D eigenvalue weighted by molar-refractivity contribution is 0.0204. The summed E-state index contributed by atoms with van der Waals surface area (Å²) >= 11 is 3.37. The maximum absolute atomic E-state index is 13.3. The van der Waals surface area contributed by atoms with Gasteiger partial charge in [-0.3, -0.25) is 0 Å². The molecule has 0 bridgehead atoms. The summed E-state index contributed by atoms with van der Waals surface area (Å²) in [4.78, 5) is 43.2. The van der Waals surface area contributed by atoms with Gasteiger partial charge >= 0.3 is 18.2 Å². The predicted molar refractivity (Wildman–Crippen MR) is 132 cm³/mol. The molecule has 0 radical (unpaired) electrons. The molecule has 3 rings (SSSR count). The summed E-state index contributed by atoms with van der Waals surface area (Å²) in [7, 11) is 0. The Morgan fingerprint density at radius 3 is 2.14 bits per heavy atom. The van der Waals surface area contributed by atoms with Gasteiger partial charge in [0.1, 0.15) is 34.4 Å². The molecule has 0 N–H and O–H groups in total. The smallest absolute Gasteiger partial charge is 0.443 e. The normalized spacial score (nSPS) is 11.7. The van der Waals surface area contributed by atoms with Gasteiger partial charge in [0.15, 0.2) is 5.75 Å². The highest BCUT2D eigenvalue weighted by molar-refractivity contribution is 9.08. The molecule has 1 heterocycles. The molecule has 0 atom stereocenters. The lowest BCUT2D eigenvalue weighted by Gasteiger charge is -2.22. The fourth-order valence-electron chi connectivity index (χ4n) is 3.07. The fraction of sp³-hybridized carbons (Fsp3) is 0.360. The summed E-state index contributed by atoms with van der Waals surface area (Å²) < 4.78 is 23.0. The maximum Gasteiger partial charge on any atom is 0.514 e. The molecule has 0 amide bonds. The number of halogens is 1. The summed E-state index contributed by atoms with van der Waals surface area (Å²) in [5, 5.41) is 0.214. The number of imidazole rings is 1. The lowest BCUT2D eigenvalue weighted by Crippen LogP contribution is -2.28. The zero-order chi connectivity index (χ0) is 26.0. The molecule has 186 valence electrons. The Labute approximate surface area is 211 Å². The number of aromatic nitrogens is 2. The van der Waals surface area contributed by atoms with Gasteiger partial charge in [0, 0.05) is 5.33 Å². The number of hydrogen-bond donors (Lipinski definition) is 0. The second-order valence-corrected chi connectivity index (χ2v) is 10.2. The van der Waals surface area contributed by atoms with E-state index in [0.29, 0.717) is 16.8 Å². The third kappa shape index (κ3) is 6.60. The van der Waals surface area contributed by atoms with Crippen molar-refractivity contribution in [1.29, 1.82) is 0 Å². The quantitative estimate of drug-likeness (QED) is 0.163. The highest BCUT2D eigenvalue weighted by Gasteiger charge is 2.31. The van der Waals surface area contributed by atoms with Gasteiger partial charge in [0.25, 0.3) is 0 Å².